The Bertz CT molecular complexity index is 1100. The van der Waals surface area contributed by atoms with Gasteiger partial charge in [-0.1, -0.05) is 17.7 Å². The van der Waals surface area contributed by atoms with Crippen LogP contribution in [0.15, 0.2) is 53.4 Å². The van der Waals surface area contributed by atoms with Gasteiger partial charge in [-0.25, -0.2) is 13.2 Å². The number of rotatable bonds is 8. The maximum absolute atomic E-state index is 13.4. The summed E-state index contributed by atoms with van der Waals surface area (Å²) in [6.07, 6.45) is -1.32. The number of nitrogens with zero attached hydrogens (tertiary/aromatic N) is 2. The Balaban J connectivity index is 1.91. The van der Waals surface area contributed by atoms with Gasteiger partial charge in [-0.05, 0) is 57.2 Å². The Morgan fingerprint density at radius 2 is 1.69 bits per heavy atom. The van der Waals surface area contributed by atoms with Crippen molar-refractivity contribution >= 4 is 27.6 Å². The fraction of sp³-hybridized carbons (Fsp3) is 0.364. The van der Waals surface area contributed by atoms with Gasteiger partial charge in [-0.3, -0.25) is 14.0 Å². The molecule has 3 amide bonds. The van der Waals surface area contributed by atoms with Crippen molar-refractivity contribution < 1.29 is 27.9 Å². The van der Waals surface area contributed by atoms with Gasteiger partial charge < -0.3 is 15.2 Å². The highest BCUT2D eigenvalue weighted by molar-refractivity contribution is 7.92. The number of nitrogens with one attached hydrogen (secondary N) is 1. The molecule has 172 valence electrons. The van der Waals surface area contributed by atoms with E-state index in [0.29, 0.717) is 11.4 Å². The van der Waals surface area contributed by atoms with Crippen molar-refractivity contribution in [3.05, 3.63) is 54.1 Å². The van der Waals surface area contributed by atoms with Gasteiger partial charge in [0.2, 0.25) is 0 Å². The number of aryl methyl sites for hydroxylation is 1. The lowest BCUT2D eigenvalue weighted by atomic mass is 10.1. The number of aliphatic hydroxyl groups is 1. The maximum Gasteiger partial charge on any atom is 0.325 e. The quantitative estimate of drug-likeness (QED) is 0.580. The first kappa shape index (κ1) is 23.6. The van der Waals surface area contributed by atoms with Crippen LogP contribution in [-0.2, 0) is 14.8 Å². The van der Waals surface area contributed by atoms with E-state index in [2.05, 4.69) is 5.32 Å². The maximum atomic E-state index is 13.4. The van der Waals surface area contributed by atoms with Crippen LogP contribution in [0.2, 0.25) is 0 Å². The number of amides is 3. The van der Waals surface area contributed by atoms with E-state index in [9.17, 15) is 23.1 Å². The van der Waals surface area contributed by atoms with Gasteiger partial charge in [0, 0.05) is 0 Å². The SMILES string of the molecule is COc1ccc(N(CC(O)CN2C(=O)NC(C)(C)C2=O)S(=O)(=O)c2ccc(C)cc2)cc1. The summed E-state index contributed by atoms with van der Waals surface area (Å²) in [4.78, 5) is 25.5. The molecule has 0 radical (unpaired) electrons. The topological polar surface area (TPSA) is 116 Å². The predicted octanol–water partition coefficient (Wildman–Crippen LogP) is 1.89. The summed E-state index contributed by atoms with van der Waals surface area (Å²) in [5.41, 5.74) is 0.129. The van der Waals surface area contributed by atoms with E-state index in [1.807, 2.05) is 6.92 Å². The Kier molecular flexibility index (Phi) is 6.47. The average molecular weight is 462 g/mol. The second kappa shape index (κ2) is 8.79. The predicted molar refractivity (Wildman–Crippen MR) is 119 cm³/mol. The first-order valence-corrected chi connectivity index (χ1v) is 11.5. The number of aliphatic hydroxyl groups excluding tert-OH is 1. The second-order valence-electron chi connectivity index (χ2n) is 8.17. The third-order valence-corrected chi connectivity index (χ3v) is 6.99. The summed E-state index contributed by atoms with van der Waals surface area (Å²) >= 11 is 0. The molecule has 0 aromatic heterocycles. The van der Waals surface area contributed by atoms with Crippen molar-refractivity contribution in [1.82, 2.24) is 10.2 Å². The molecular weight excluding hydrogens is 434 g/mol. The van der Waals surface area contributed by atoms with Crippen molar-refractivity contribution in [2.75, 3.05) is 24.5 Å². The van der Waals surface area contributed by atoms with Crippen LogP contribution in [-0.4, -0.2) is 62.2 Å². The van der Waals surface area contributed by atoms with E-state index < -0.39 is 33.6 Å². The Morgan fingerprint density at radius 1 is 1.09 bits per heavy atom. The van der Waals surface area contributed by atoms with E-state index in [-0.39, 0.29) is 18.0 Å². The second-order valence-corrected chi connectivity index (χ2v) is 10.0. The van der Waals surface area contributed by atoms with Crippen LogP contribution in [0.5, 0.6) is 5.75 Å². The molecule has 1 unspecified atom stereocenters. The summed E-state index contributed by atoms with van der Waals surface area (Å²) in [7, 11) is -2.54. The van der Waals surface area contributed by atoms with Crippen LogP contribution in [0, 0.1) is 6.92 Å². The third-order valence-electron chi connectivity index (χ3n) is 5.18. The molecule has 10 heteroatoms. The Labute approximate surface area is 187 Å². The van der Waals surface area contributed by atoms with Crippen LogP contribution in [0.3, 0.4) is 0 Å². The Hall–Kier alpha value is -3.11. The number of imide groups is 1. The van der Waals surface area contributed by atoms with Gasteiger partial charge in [0.1, 0.15) is 11.3 Å². The molecule has 1 atom stereocenters. The fourth-order valence-electron chi connectivity index (χ4n) is 3.37. The number of urea groups is 1. The largest absolute Gasteiger partial charge is 0.497 e. The minimum atomic E-state index is -4.04. The number of methoxy groups -OCH3 is 1. The molecule has 0 aliphatic carbocycles. The fourth-order valence-corrected chi connectivity index (χ4v) is 4.87. The van der Waals surface area contributed by atoms with Gasteiger partial charge in [0.05, 0.1) is 36.9 Å². The van der Waals surface area contributed by atoms with Crippen molar-refractivity contribution in [1.29, 1.82) is 0 Å². The molecule has 1 saturated heterocycles. The summed E-state index contributed by atoms with van der Waals surface area (Å²) < 4.78 is 33.1. The Morgan fingerprint density at radius 3 is 2.19 bits per heavy atom. The van der Waals surface area contributed by atoms with Crippen LogP contribution < -0.4 is 14.4 Å². The van der Waals surface area contributed by atoms with Gasteiger partial charge in [0.15, 0.2) is 0 Å². The van der Waals surface area contributed by atoms with E-state index in [1.165, 1.54) is 19.2 Å². The van der Waals surface area contributed by atoms with Crippen LogP contribution in [0.1, 0.15) is 19.4 Å². The zero-order valence-corrected chi connectivity index (χ0v) is 19.2. The minimum Gasteiger partial charge on any atom is -0.497 e. The monoisotopic (exact) mass is 461 g/mol. The highest BCUT2D eigenvalue weighted by atomic mass is 32.2. The van der Waals surface area contributed by atoms with Gasteiger partial charge in [-0.2, -0.15) is 0 Å². The minimum absolute atomic E-state index is 0.0576. The van der Waals surface area contributed by atoms with Gasteiger partial charge in [-0.15, -0.1) is 0 Å². The number of ether oxygens (including phenoxy) is 1. The molecule has 2 aromatic rings. The lowest BCUT2D eigenvalue weighted by molar-refractivity contribution is -0.131. The summed E-state index contributed by atoms with van der Waals surface area (Å²) in [5.74, 6) is 0.0579. The molecule has 1 aliphatic heterocycles. The van der Waals surface area contributed by atoms with Crippen molar-refractivity contribution in [2.24, 2.45) is 0 Å². The van der Waals surface area contributed by atoms with Gasteiger partial charge in [0.25, 0.3) is 15.9 Å². The molecule has 1 aliphatic rings. The zero-order chi connectivity index (χ0) is 23.7. The molecule has 0 spiro atoms. The molecule has 1 fully saturated rings. The smallest absolute Gasteiger partial charge is 0.325 e. The molecule has 3 rings (SSSR count). The zero-order valence-electron chi connectivity index (χ0n) is 18.4. The lowest BCUT2D eigenvalue weighted by Gasteiger charge is -2.28. The van der Waals surface area contributed by atoms with Crippen molar-refractivity contribution in [3.8, 4) is 5.75 Å². The molecule has 1 heterocycles. The number of carbonyl (C=O) groups is 2. The number of hydrogen-bond donors (Lipinski definition) is 2. The van der Waals surface area contributed by atoms with Crippen LogP contribution in [0.25, 0.3) is 0 Å². The highest BCUT2D eigenvalue weighted by Gasteiger charge is 2.45. The number of carbonyl (C=O) groups excluding carboxylic acids is 2. The van der Waals surface area contributed by atoms with Crippen molar-refractivity contribution in [3.63, 3.8) is 0 Å². The normalized spacial score (nSPS) is 16.6. The molecule has 2 N–H and O–H groups in total. The number of hydrogen-bond acceptors (Lipinski definition) is 6. The molecule has 2 aromatic carbocycles. The van der Waals surface area contributed by atoms with Crippen LogP contribution >= 0.6 is 0 Å². The molecular formula is C22H27N3O6S. The standard InChI is InChI=1S/C22H27N3O6S/c1-15-5-11-19(12-6-15)32(29,30)25(16-7-9-18(31-4)10-8-16)14-17(26)13-24-20(27)22(2,3)23-21(24)28/h5-12,17,26H,13-14H2,1-4H3,(H,23,28). The van der Waals surface area contributed by atoms with E-state index >= 15 is 0 Å². The van der Waals surface area contributed by atoms with E-state index in [1.54, 1.807) is 50.2 Å². The van der Waals surface area contributed by atoms with Gasteiger partial charge >= 0.3 is 6.03 Å². The lowest BCUT2D eigenvalue weighted by Crippen LogP contribution is -2.45. The highest BCUT2D eigenvalue weighted by Crippen LogP contribution is 2.27. The molecule has 0 bridgehead atoms. The third kappa shape index (κ3) is 4.71. The number of anilines is 1. The molecule has 32 heavy (non-hydrogen) atoms. The number of benzene rings is 2. The van der Waals surface area contributed by atoms with Crippen LogP contribution in [0.4, 0.5) is 10.5 Å². The number of sulfonamides is 1. The number of β-amino-alcohol motifs (C(OH)–C–C–N with tert-alkyl or cyclic N) is 1. The first-order valence-electron chi connectivity index (χ1n) is 10.0. The summed E-state index contributed by atoms with van der Waals surface area (Å²) in [5, 5.41) is 13.2. The molecule has 9 nitrogen and oxygen atoms in total. The van der Waals surface area contributed by atoms with Crippen molar-refractivity contribution in [2.45, 2.75) is 37.3 Å². The van der Waals surface area contributed by atoms with E-state index in [0.717, 1.165) is 14.8 Å². The van der Waals surface area contributed by atoms with E-state index in [4.69, 9.17) is 4.74 Å². The average Bonchev–Trinajstić information content (AvgIpc) is 2.94. The summed E-state index contributed by atoms with van der Waals surface area (Å²) in [6, 6.07) is 12.1. The first-order chi connectivity index (χ1) is 15.0. The summed E-state index contributed by atoms with van der Waals surface area (Å²) in [6.45, 7) is 4.27. The molecule has 0 saturated carbocycles.